The van der Waals surface area contributed by atoms with Crippen molar-refractivity contribution in [3.8, 4) is 5.75 Å². The Morgan fingerprint density at radius 3 is 2.42 bits per heavy atom. The van der Waals surface area contributed by atoms with E-state index in [1.54, 1.807) is 43.3 Å². The van der Waals surface area contributed by atoms with E-state index in [0.29, 0.717) is 27.2 Å². The van der Waals surface area contributed by atoms with E-state index in [9.17, 15) is 9.59 Å². The van der Waals surface area contributed by atoms with Crippen molar-refractivity contribution >= 4 is 46.4 Å². The van der Waals surface area contributed by atoms with Gasteiger partial charge in [-0.3, -0.25) is 9.59 Å². The molecule has 0 heterocycles. The molecule has 2 aromatic rings. The highest BCUT2D eigenvalue weighted by atomic mass is 35.5. The van der Waals surface area contributed by atoms with Crippen molar-refractivity contribution in [1.29, 1.82) is 0 Å². The summed E-state index contributed by atoms with van der Waals surface area (Å²) in [6.45, 7) is 1.55. The SMILES string of the molecule is COCC(=O)Nc1cccc(NC(=O)C(C)Oc2ccc(Cl)cc2Cl)c1. The summed E-state index contributed by atoms with van der Waals surface area (Å²) >= 11 is 11.9. The highest BCUT2D eigenvalue weighted by Crippen LogP contribution is 2.28. The molecule has 8 heteroatoms. The number of hydrogen-bond acceptors (Lipinski definition) is 4. The third-order valence-corrected chi connectivity index (χ3v) is 3.79. The number of amides is 2. The maximum Gasteiger partial charge on any atom is 0.265 e. The van der Waals surface area contributed by atoms with E-state index < -0.39 is 6.10 Å². The van der Waals surface area contributed by atoms with Gasteiger partial charge in [0.05, 0.1) is 5.02 Å². The zero-order chi connectivity index (χ0) is 19.1. The molecule has 0 radical (unpaired) electrons. The lowest BCUT2D eigenvalue weighted by Gasteiger charge is -2.16. The number of hydrogen-bond donors (Lipinski definition) is 2. The zero-order valence-electron chi connectivity index (χ0n) is 14.2. The quantitative estimate of drug-likeness (QED) is 0.741. The highest BCUT2D eigenvalue weighted by Gasteiger charge is 2.17. The minimum absolute atomic E-state index is 0.0523. The number of halogens is 2. The van der Waals surface area contributed by atoms with Crippen LogP contribution < -0.4 is 15.4 Å². The molecule has 0 spiro atoms. The van der Waals surface area contributed by atoms with Crippen LogP contribution in [0.1, 0.15) is 6.92 Å². The lowest BCUT2D eigenvalue weighted by molar-refractivity contribution is -0.122. The van der Waals surface area contributed by atoms with Crippen LogP contribution in [0, 0.1) is 0 Å². The summed E-state index contributed by atoms with van der Waals surface area (Å²) in [4.78, 5) is 23.9. The first-order valence-corrected chi connectivity index (χ1v) is 8.46. The summed E-state index contributed by atoms with van der Waals surface area (Å²) in [5.74, 6) is -0.291. The van der Waals surface area contributed by atoms with E-state index in [1.165, 1.54) is 13.2 Å². The Balaban J connectivity index is 1.99. The van der Waals surface area contributed by atoms with E-state index in [1.807, 2.05) is 0 Å². The second-order valence-electron chi connectivity index (χ2n) is 5.39. The molecule has 0 saturated carbocycles. The van der Waals surface area contributed by atoms with Crippen LogP contribution in [0.25, 0.3) is 0 Å². The van der Waals surface area contributed by atoms with Crippen LogP contribution in [0.2, 0.25) is 10.0 Å². The second-order valence-corrected chi connectivity index (χ2v) is 6.23. The zero-order valence-corrected chi connectivity index (χ0v) is 15.7. The first-order valence-electron chi connectivity index (χ1n) is 7.70. The molecular formula is C18H18Cl2N2O4. The summed E-state index contributed by atoms with van der Waals surface area (Å²) in [6.07, 6.45) is -0.791. The van der Waals surface area contributed by atoms with Gasteiger partial charge in [-0.15, -0.1) is 0 Å². The number of nitrogens with one attached hydrogen (secondary N) is 2. The first kappa shape index (κ1) is 20.0. The molecule has 6 nitrogen and oxygen atoms in total. The van der Waals surface area contributed by atoms with E-state index in [2.05, 4.69) is 10.6 Å². The highest BCUT2D eigenvalue weighted by molar-refractivity contribution is 6.35. The van der Waals surface area contributed by atoms with Crippen molar-refractivity contribution in [2.45, 2.75) is 13.0 Å². The molecule has 0 fully saturated rings. The Kier molecular flexibility index (Phi) is 7.26. The van der Waals surface area contributed by atoms with Gasteiger partial charge in [-0.1, -0.05) is 29.3 Å². The van der Waals surface area contributed by atoms with Crippen molar-refractivity contribution in [2.24, 2.45) is 0 Å². The Morgan fingerprint density at radius 2 is 1.77 bits per heavy atom. The van der Waals surface area contributed by atoms with Gasteiger partial charge in [0.15, 0.2) is 6.10 Å². The van der Waals surface area contributed by atoms with Crippen molar-refractivity contribution in [3.63, 3.8) is 0 Å². The first-order chi connectivity index (χ1) is 12.4. The molecule has 2 N–H and O–H groups in total. The summed E-state index contributed by atoms with van der Waals surface area (Å²) < 4.78 is 10.3. The number of ether oxygens (including phenoxy) is 2. The molecule has 2 aromatic carbocycles. The Bertz CT molecular complexity index is 799. The lowest BCUT2D eigenvalue weighted by Crippen LogP contribution is -2.30. The predicted molar refractivity (Wildman–Crippen MR) is 102 cm³/mol. The van der Waals surface area contributed by atoms with Gasteiger partial charge in [0.25, 0.3) is 5.91 Å². The third-order valence-electron chi connectivity index (χ3n) is 3.26. The molecule has 1 unspecified atom stereocenters. The Hall–Kier alpha value is -2.28. The van der Waals surface area contributed by atoms with Gasteiger partial charge in [0, 0.05) is 23.5 Å². The molecule has 0 bridgehead atoms. The maximum absolute atomic E-state index is 12.3. The fourth-order valence-electron chi connectivity index (χ4n) is 2.06. The largest absolute Gasteiger partial charge is 0.479 e. The smallest absolute Gasteiger partial charge is 0.265 e. The average molecular weight is 397 g/mol. The minimum Gasteiger partial charge on any atom is -0.479 e. The fourth-order valence-corrected chi connectivity index (χ4v) is 2.51. The predicted octanol–water partition coefficient (Wildman–Crippen LogP) is 3.98. The number of carbonyl (C=O) groups is 2. The summed E-state index contributed by atoms with van der Waals surface area (Å²) in [5.41, 5.74) is 1.06. The van der Waals surface area contributed by atoms with E-state index in [0.717, 1.165) is 0 Å². The van der Waals surface area contributed by atoms with Crippen molar-refractivity contribution in [1.82, 2.24) is 0 Å². The molecule has 0 saturated heterocycles. The molecule has 0 aromatic heterocycles. The Morgan fingerprint density at radius 1 is 1.08 bits per heavy atom. The van der Waals surface area contributed by atoms with E-state index in [-0.39, 0.29) is 18.4 Å². The van der Waals surface area contributed by atoms with Crippen molar-refractivity contribution in [2.75, 3.05) is 24.4 Å². The monoisotopic (exact) mass is 396 g/mol. The van der Waals surface area contributed by atoms with Crippen molar-refractivity contribution in [3.05, 3.63) is 52.5 Å². The maximum atomic E-state index is 12.3. The normalized spacial score (nSPS) is 11.5. The molecule has 1 atom stereocenters. The third kappa shape index (κ3) is 5.91. The molecule has 0 aliphatic carbocycles. The van der Waals surface area contributed by atoms with Gasteiger partial charge in [-0.2, -0.15) is 0 Å². The van der Waals surface area contributed by atoms with Crippen LogP contribution in [-0.2, 0) is 14.3 Å². The molecule has 0 aliphatic heterocycles. The Labute approximate surface area is 161 Å². The minimum atomic E-state index is -0.791. The van der Waals surface area contributed by atoms with Crippen molar-refractivity contribution < 1.29 is 19.1 Å². The molecule has 0 aliphatic rings. The number of benzene rings is 2. The van der Waals surface area contributed by atoms with Gasteiger partial charge >= 0.3 is 0 Å². The number of anilines is 2. The summed E-state index contributed by atoms with van der Waals surface area (Å²) in [7, 11) is 1.44. The number of carbonyl (C=O) groups excluding carboxylic acids is 2. The number of rotatable bonds is 7. The van der Waals surface area contributed by atoms with Crippen LogP contribution in [0.3, 0.4) is 0 Å². The molecule has 138 valence electrons. The second kappa shape index (κ2) is 9.43. The van der Waals surface area contributed by atoms with Crippen LogP contribution in [0.4, 0.5) is 11.4 Å². The van der Waals surface area contributed by atoms with Gasteiger partial charge < -0.3 is 20.1 Å². The molecule has 26 heavy (non-hydrogen) atoms. The van der Waals surface area contributed by atoms with E-state index >= 15 is 0 Å². The summed E-state index contributed by atoms with van der Waals surface area (Å²) in [5, 5.41) is 6.18. The average Bonchev–Trinajstić information content (AvgIpc) is 2.57. The fraction of sp³-hybridized carbons (Fsp3) is 0.222. The molecular weight excluding hydrogens is 379 g/mol. The van der Waals surface area contributed by atoms with Crippen LogP contribution in [0.5, 0.6) is 5.75 Å². The van der Waals surface area contributed by atoms with Gasteiger partial charge in [-0.25, -0.2) is 0 Å². The standard InChI is InChI=1S/C18H18Cl2N2O4/c1-11(26-16-7-6-12(19)8-15(16)20)18(24)22-14-5-3-4-13(9-14)21-17(23)10-25-2/h3-9,11H,10H2,1-2H3,(H,21,23)(H,22,24). The summed E-state index contributed by atoms with van der Waals surface area (Å²) in [6, 6.07) is 11.5. The lowest BCUT2D eigenvalue weighted by atomic mass is 10.2. The van der Waals surface area contributed by atoms with Crippen LogP contribution >= 0.6 is 23.2 Å². The van der Waals surface area contributed by atoms with Gasteiger partial charge in [0.1, 0.15) is 12.4 Å². The topological polar surface area (TPSA) is 76.7 Å². The van der Waals surface area contributed by atoms with Crippen LogP contribution in [0.15, 0.2) is 42.5 Å². The van der Waals surface area contributed by atoms with Gasteiger partial charge in [-0.05, 0) is 43.3 Å². The van der Waals surface area contributed by atoms with Crippen LogP contribution in [-0.4, -0.2) is 31.6 Å². The van der Waals surface area contributed by atoms with Gasteiger partial charge in [0.2, 0.25) is 5.91 Å². The molecule has 2 rings (SSSR count). The number of methoxy groups -OCH3 is 1. The van der Waals surface area contributed by atoms with E-state index in [4.69, 9.17) is 32.7 Å². The molecule has 2 amide bonds.